The number of rotatable bonds is 16. The molecule has 58 heavy (non-hydrogen) atoms. The predicted octanol–water partition coefficient (Wildman–Crippen LogP) is -0.0524. The molecule has 2 fully saturated rings. The number of thiocarbonyl (C=S) groups is 2. The van der Waals surface area contributed by atoms with Crippen molar-refractivity contribution in [3.8, 4) is 0 Å². The third kappa shape index (κ3) is 14.9. The minimum atomic E-state index is -1.24. The standard InChI is InChI=1S/C36H50N4O16S2/c1-17(41)49-27-25(55-33(47-7)31(53-21(5)45)29(27)51-19(3)43)15-39-35(57)37-13-23-10-9-11-24(12-23)14-38-36(58)40-16-26-28(50-18(2)42)30(52-20(4)44)32(54-22(6)46)34(48-8)56-26/h9-12,25-34H,13-16H2,1-8H3,(H2,37,39,57)(H2,38,40,58)/t25-,26-,27-,28-,29+,30+,31-,32-,33-,34-/m1/s1. The van der Waals surface area contributed by atoms with Crippen LogP contribution in [-0.2, 0) is 89.2 Å². The molecule has 4 N–H and O–H groups in total. The molecule has 0 spiro atoms. The Hall–Kier alpha value is -4.74. The molecule has 1 aromatic rings. The van der Waals surface area contributed by atoms with E-state index in [2.05, 4.69) is 21.3 Å². The molecule has 3 rings (SSSR count). The fourth-order valence-corrected chi connectivity index (χ4v) is 6.45. The summed E-state index contributed by atoms with van der Waals surface area (Å²) in [6, 6.07) is 7.52. The van der Waals surface area contributed by atoms with Crippen LogP contribution in [-0.4, -0.2) is 135 Å². The van der Waals surface area contributed by atoms with Crippen LogP contribution in [0.5, 0.6) is 0 Å². The number of hydrogen-bond acceptors (Lipinski definition) is 18. The molecule has 0 radical (unpaired) electrons. The molecule has 1 aromatic carbocycles. The van der Waals surface area contributed by atoms with Gasteiger partial charge in [-0.25, -0.2) is 0 Å². The van der Waals surface area contributed by atoms with Gasteiger partial charge in [0.05, 0.1) is 0 Å². The lowest BCUT2D eigenvalue weighted by atomic mass is 9.97. The molecule has 0 bridgehead atoms. The van der Waals surface area contributed by atoms with Gasteiger partial charge in [-0.05, 0) is 35.6 Å². The first kappa shape index (κ1) is 47.6. The van der Waals surface area contributed by atoms with E-state index in [1.54, 1.807) is 0 Å². The highest BCUT2D eigenvalue weighted by Crippen LogP contribution is 2.30. The van der Waals surface area contributed by atoms with Gasteiger partial charge in [-0.2, -0.15) is 0 Å². The van der Waals surface area contributed by atoms with Gasteiger partial charge in [0.2, 0.25) is 0 Å². The van der Waals surface area contributed by atoms with Gasteiger partial charge < -0.3 is 68.6 Å². The lowest BCUT2D eigenvalue weighted by Gasteiger charge is -2.44. The van der Waals surface area contributed by atoms with Gasteiger partial charge >= 0.3 is 35.8 Å². The van der Waals surface area contributed by atoms with Crippen LogP contribution in [0.1, 0.15) is 52.7 Å². The highest BCUT2D eigenvalue weighted by Gasteiger charge is 2.53. The topological polar surface area (TPSA) is 243 Å². The zero-order valence-corrected chi connectivity index (χ0v) is 34.9. The van der Waals surface area contributed by atoms with Crippen molar-refractivity contribution in [2.24, 2.45) is 0 Å². The van der Waals surface area contributed by atoms with E-state index in [-0.39, 0.29) is 23.3 Å². The number of carbonyl (C=O) groups is 6. The van der Waals surface area contributed by atoms with E-state index < -0.39 is 97.2 Å². The quantitative estimate of drug-likeness (QED) is 0.0967. The van der Waals surface area contributed by atoms with Crippen LogP contribution in [0.4, 0.5) is 0 Å². The predicted molar refractivity (Wildman–Crippen MR) is 206 cm³/mol. The smallest absolute Gasteiger partial charge is 0.303 e. The highest BCUT2D eigenvalue weighted by atomic mass is 32.1. The summed E-state index contributed by atoms with van der Waals surface area (Å²) < 4.78 is 55.1. The lowest BCUT2D eigenvalue weighted by Crippen LogP contribution is -2.63. The Balaban J connectivity index is 1.58. The Morgan fingerprint density at radius 2 is 0.828 bits per heavy atom. The zero-order valence-electron chi connectivity index (χ0n) is 33.3. The second-order valence-corrected chi connectivity index (χ2v) is 13.8. The van der Waals surface area contributed by atoms with Crippen molar-refractivity contribution >= 4 is 70.5 Å². The largest absolute Gasteiger partial charge is 0.456 e. The maximum absolute atomic E-state index is 12.0. The Morgan fingerprint density at radius 3 is 1.14 bits per heavy atom. The molecular weight excluding hydrogens is 809 g/mol. The van der Waals surface area contributed by atoms with Crippen LogP contribution in [0.25, 0.3) is 0 Å². The molecule has 2 aliphatic heterocycles. The van der Waals surface area contributed by atoms with E-state index >= 15 is 0 Å². The van der Waals surface area contributed by atoms with Gasteiger partial charge in [-0.1, -0.05) is 24.3 Å². The first-order valence-electron chi connectivity index (χ1n) is 17.9. The Labute approximate surface area is 345 Å². The monoisotopic (exact) mass is 858 g/mol. The molecule has 0 saturated carbocycles. The first-order chi connectivity index (χ1) is 27.4. The van der Waals surface area contributed by atoms with E-state index in [1.807, 2.05) is 24.3 Å². The maximum Gasteiger partial charge on any atom is 0.303 e. The molecule has 2 aliphatic rings. The Bertz CT molecular complexity index is 1540. The van der Waals surface area contributed by atoms with Crippen LogP contribution < -0.4 is 21.3 Å². The van der Waals surface area contributed by atoms with Crippen molar-refractivity contribution in [1.29, 1.82) is 0 Å². The van der Waals surface area contributed by atoms with Gasteiger partial charge in [0.1, 0.15) is 12.2 Å². The van der Waals surface area contributed by atoms with Gasteiger partial charge in [0.25, 0.3) is 0 Å². The summed E-state index contributed by atoms with van der Waals surface area (Å²) in [7, 11) is 2.64. The summed E-state index contributed by atoms with van der Waals surface area (Å²) in [6.45, 7) is 7.61. The minimum absolute atomic E-state index is 0.0145. The zero-order chi connectivity index (χ0) is 43.1. The summed E-state index contributed by atoms with van der Waals surface area (Å²) in [5.41, 5.74) is 1.72. The molecule has 0 amide bonds. The van der Waals surface area contributed by atoms with Crippen LogP contribution in [0, 0.1) is 0 Å². The molecule has 10 atom stereocenters. The Morgan fingerprint density at radius 1 is 0.517 bits per heavy atom. The van der Waals surface area contributed by atoms with Gasteiger partial charge in [0, 0.05) is 81.9 Å². The van der Waals surface area contributed by atoms with Gasteiger partial charge in [-0.15, -0.1) is 0 Å². The van der Waals surface area contributed by atoms with Crippen molar-refractivity contribution < 1.29 is 76.1 Å². The van der Waals surface area contributed by atoms with Crippen molar-refractivity contribution in [2.75, 3.05) is 27.3 Å². The average Bonchev–Trinajstić information content (AvgIpc) is 3.14. The minimum Gasteiger partial charge on any atom is -0.456 e. The SMILES string of the molecule is CO[C@@H]1O[C@H](CNC(=S)NCc2cccc(CNC(=S)NC[C@H]3O[C@@H](OC)[C@H](OC(C)=O)[C@@H](OC(C)=O)[C@@H]3OC(C)=O)c2)[C@@H](OC(C)=O)[C@H](OC(C)=O)[C@H]1OC(C)=O. The average molecular weight is 859 g/mol. The Kier molecular flexibility index (Phi) is 18.9. The maximum atomic E-state index is 12.0. The van der Waals surface area contributed by atoms with Crippen LogP contribution in [0.3, 0.4) is 0 Å². The summed E-state index contributed by atoms with van der Waals surface area (Å²) in [5.74, 6) is -4.15. The second-order valence-electron chi connectivity index (χ2n) is 12.9. The van der Waals surface area contributed by atoms with E-state index in [0.717, 1.165) is 11.1 Å². The van der Waals surface area contributed by atoms with Crippen molar-refractivity contribution in [3.63, 3.8) is 0 Å². The van der Waals surface area contributed by atoms with Gasteiger partial charge in [-0.3, -0.25) is 28.8 Å². The lowest BCUT2D eigenvalue weighted by molar-refractivity contribution is -0.296. The summed E-state index contributed by atoms with van der Waals surface area (Å²) in [4.78, 5) is 71.7. The molecule has 20 nitrogen and oxygen atoms in total. The summed E-state index contributed by atoms with van der Waals surface area (Å²) in [5, 5.41) is 12.7. The molecule has 22 heteroatoms. The van der Waals surface area contributed by atoms with E-state index in [9.17, 15) is 28.8 Å². The van der Waals surface area contributed by atoms with Gasteiger partial charge in [0.15, 0.2) is 59.4 Å². The number of ether oxygens (including phenoxy) is 10. The molecular formula is C36H50N4O16S2. The molecule has 0 aromatic heterocycles. The normalized spacial score (nSPS) is 26.4. The fraction of sp³-hybridized carbons (Fsp3) is 0.611. The summed E-state index contributed by atoms with van der Waals surface area (Å²) >= 11 is 11.0. The van der Waals surface area contributed by atoms with Crippen molar-refractivity contribution in [1.82, 2.24) is 21.3 Å². The third-order valence-electron chi connectivity index (χ3n) is 8.28. The summed E-state index contributed by atoms with van der Waals surface area (Å²) in [6.07, 6.45) is -11.5. The van der Waals surface area contributed by atoms with E-state index in [4.69, 9.17) is 71.8 Å². The number of esters is 6. The van der Waals surface area contributed by atoms with Crippen LogP contribution >= 0.6 is 24.4 Å². The van der Waals surface area contributed by atoms with Crippen LogP contribution in [0.15, 0.2) is 24.3 Å². The third-order valence-corrected chi connectivity index (χ3v) is 8.86. The van der Waals surface area contributed by atoms with E-state index in [1.165, 1.54) is 55.8 Å². The second kappa shape index (κ2) is 23.0. The van der Waals surface area contributed by atoms with Crippen molar-refractivity contribution in [2.45, 2.75) is 116 Å². The fourth-order valence-electron chi connectivity index (χ4n) is 6.14. The van der Waals surface area contributed by atoms with Crippen molar-refractivity contribution in [3.05, 3.63) is 35.4 Å². The highest BCUT2D eigenvalue weighted by molar-refractivity contribution is 7.80. The number of carbonyl (C=O) groups excluding carboxylic acids is 6. The molecule has 2 saturated heterocycles. The molecule has 0 aliphatic carbocycles. The number of nitrogens with one attached hydrogen (secondary N) is 4. The molecule has 0 unspecified atom stereocenters. The van der Waals surface area contributed by atoms with Crippen LogP contribution in [0.2, 0.25) is 0 Å². The molecule has 2 heterocycles. The number of hydrogen-bond donors (Lipinski definition) is 4. The first-order valence-corrected chi connectivity index (χ1v) is 18.7. The number of benzene rings is 1. The van der Waals surface area contributed by atoms with E-state index in [0.29, 0.717) is 13.1 Å². The molecule has 322 valence electrons. The number of methoxy groups -OCH3 is 2.